The van der Waals surface area contributed by atoms with Crippen LogP contribution < -0.4 is 11.3 Å². The quantitative estimate of drug-likeness (QED) is 0.151. The number of carbonyl (C=O) groups excluding carboxylic acids is 1. The van der Waals surface area contributed by atoms with Crippen molar-refractivity contribution in [1.29, 1.82) is 0 Å². The molecular formula is C36H42Br3ClN4OS3. The highest BCUT2D eigenvalue weighted by Crippen LogP contribution is 2.48. The van der Waals surface area contributed by atoms with Gasteiger partial charge in [0.25, 0.3) is 0 Å². The predicted octanol–water partition coefficient (Wildman–Crippen LogP) is 11.3. The van der Waals surface area contributed by atoms with Crippen molar-refractivity contribution in [2.24, 2.45) is 21.7 Å². The number of nitrogens with one attached hydrogen (secondary N) is 1. The van der Waals surface area contributed by atoms with E-state index < -0.39 is 0 Å². The second kappa shape index (κ2) is 19.7. The summed E-state index contributed by atoms with van der Waals surface area (Å²) in [5, 5.41) is 0. The van der Waals surface area contributed by atoms with E-state index in [1.807, 2.05) is 36.0 Å². The zero-order valence-corrected chi connectivity index (χ0v) is 34.7. The van der Waals surface area contributed by atoms with Crippen LogP contribution in [-0.4, -0.2) is 53.2 Å². The highest BCUT2D eigenvalue weighted by atomic mass is 79.9. The fourth-order valence-corrected chi connectivity index (χ4v) is 11.4. The molecule has 3 saturated heterocycles. The minimum Gasteiger partial charge on any atom is -0.324 e. The van der Waals surface area contributed by atoms with Gasteiger partial charge in [-0.1, -0.05) is 66.0 Å². The highest BCUT2D eigenvalue weighted by molar-refractivity contribution is 9.11. The van der Waals surface area contributed by atoms with E-state index in [9.17, 15) is 4.79 Å². The largest absolute Gasteiger partial charge is 0.324 e. The fraction of sp³-hybridized carbons (Fsp3) is 0.417. The van der Waals surface area contributed by atoms with Gasteiger partial charge in [-0.2, -0.15) is 35.3 Å². The van der Waals surface area contributed by atoms with Gasteiger partial charge >= 0.3 is 0 Å². The van der Waals surface area contributed by atoms with Gasteiger partial charge in [0.1, 0.15) is 6.29 Å². The lowest BCUT2D eigenvalue weighted by atomic mass is 9.77. The van der Waals surface area contributed by atoms with E-state index >= 15 is 0 Å². The molecule has 0 amide bonds. The summed E-state index contributed by atoms with van der Waals surface area (Å²) in [5.41, 5.74) is 9.13. The van der Waals surface area contributed by atoms with Crippen molar-refractivity contribution in [3.8, 4) is 0 Å². The van der Waals surface area contributed by atoms with Gasteiger partial charge in [-0.3, -0.25) is 15.8 Å². The molecule has 12 heteroatoms. The Kier molecular flexibility index (Phi) is 16.4. The van der Waals surface area contributed by atoms with Gasteiger partial charge in [-0.05, 0) is 121 Å². The summed E-state index contributed by atoms with van der Waals surface area (Å²) >= 11 is 16.6. The summed E-state index contributed by atoms with van der Waals surface area (Å²) in [7, 11) is 0. The van der Waals surface area contributed by atoms with Crippen molar-refractivity contribution in [2.75, 3.05) is 39.9 Å². The van der Waals surface area contributed by atoms with E-state index in [4.69, 9.17) is 5.84 Å². The molecule has 48 heavy (non-hydrogen) atoms. The number of aliphatic imine (C=N–C) groups is 2. The zero-order chi connectivity index (χ0) is 33.1. The van der Waals surface area contributed by atoms with E-state index in [0.29, 0.717) is 5.92 Å². The molecule has 258 valence electrons. The standard InChI is InChI=1S/2C12H12BrNS.C6H7BrN2.C6H10OS.ClH/c13-9-1-2-10-11(7-9)14-8-12(10)3-5-15-6-4-12;13-9-2-1-3-10-11(9)12(8-14-10)4-6-15-7-5-12;7-5-2-1-3-6(4-5)9-8;7-5-6-1-3-8-4-2-6;/h1-2,7-8H,3-6H2;1-3,8H,4-7H2;1-4,9H,8H2;5-6H,1-4H2;1H. The number of fused-ring (bicyclic) bond motifs is 4. The smallest absolute Gasteiger partial charge is 0.123 e. The number of anilines is 1. The first-order valence-corrected chi connectivity index (χ1v) is 21.8. The molecule has 0 atom stereocenters. The molecule has 3 aromatic rings. The molecule has 8 rings (SSSR count). The number of hydrogen-bond acceptors (Lipinski definition) is 8. The van der Waals surface area contributed by atoms with Crippen molar-refractivity contribution < 1.29 is 4.79 Å². The van der Waals surface area contributed by atoms with Gasteiger partial charge in [-0.15, -0.1) is 12.4 Å². The second-order valence-electron chi connectivity index (χ2n) is 12.1. The van der Waals surface area contributed by atoms with Gasteiger partial charge in [0.15, 0.2) is 0 Å². The monoisotopic (exact) mass is 914 g/mol. The van der Waals surface area contributed by atoms with Crippen LogP contribution in [0.15, 0.2) is 84.1 Å². The molecule has 3 N–H and O–H groups in total. The third kappa shape index (κ3) is 10.4. The first-order chi connectivity index (χ1) is 22.9. The van der Waals surface area contributed by atoms with Crippen LogP contribution in [0.5, 0.6) is 0 Å². The van der Waals surface area contributed by atoms with E-state index in [0.717, 1.165) is 45.1 Å². The Hall–Kier alpha value is -0.790. The number of nitrogen functional groups attached to an aromatic ring is 1. The maximum atomic E-state index is 10.2. The number of halogens is 4. The molecule has 3 fully saturated rings. The summed E-state index contributed by atoms with van der Waals surface area (Å²) in [6.07, 6.45) is 12.6. The van der Waals surface area contributed by atoms with Crippen LogP contribution in [0.25, 0.3) is 0 Å². The second-order valence-corrected chi connectivity index (χ2v) is 18.4. The third-order valence-corrected chi connectivity index (χ3v) is 13.8. The lowest BCUT2D eigenvalue weighted by Gasteiger charge is -2.32. The maximum absolute atomic E-state index is 10.2. The Morgan fingerprint density at radius 2 is 1.31 bits per heavy atom. The van der Waals surface area contributed by atoms with Crippen molar-refractivity contribution in [3.05, 3.63) is 85.2 Å². The van der Waals surface area contributed by atoms with Crippen molar-refractivity contribution >= 4 is 131 Å². The zero-order valence-electron chi connectivity index (χ0n) is 26.7. The molecule has 5 heterocycles. The fourth-order valence-electron chi connectivity index (χ4n) is 6.35. The van der Waals surface area contributed by atoms with Gasteiger partial charge in [0.05, 0.1) is 11.4 Å². The van der Waals surface area contributed by atoms with Crippen molar-refractivity contribution in [2.45, 2.75) is 49.4 Å². The number of carbonyl (C=O) groups is 1. The topological polar surface area (TPSA) is 79.8 Å². The van der Waals surface area contributed by atoms with E-state index in [2.05, 4.69) is 136 Å². The van der Waals surface area contributed by atoms with Gasteiger partial charge in [0, 0.05) is 53.8 Å². The van der Waals surface area contributed by atoms with Crippen LogP contribution >= 0.6 is 95.5 Å². The number of nitrogens with two attached hydrogens (primary N) is 1. The first kappa shape index (κ1) is 40.0. The number of thioether (sulfide) groups is 3. The van der Waals surface area contributed by atoms with Crippen LogP contribution in [0.2, 0.25) is 0 Å². The lowest BCUT2D eigenvalue weighted by molar-refractivity contribution is -0.111. The van der Waals surface area contributed by atoms with Gasteiger partial charge in [0.2, 0.25) is 0 Å². The van der Waals surface area contributed by atoms with Crippen LogP contribution in [-0.2, 0) is 15.6 Å². The van der Waals surface area contributed by atoms with Crippen LogP contribution in [0, 0.1) is 5.92 Å². The lowest BCUT2D eigenvalue weighted by Crippen LogP contribution is -2.30. The number of aldehydes is 1. The average molecular weight is 918 g/mol. The molecule has 0 unspecified atom stereocenters. The van der Waals surface area contributed by atoms with Gasteiger partial charge < -0.3 is 10.2 Å². The van der Waals surface area contributed by atoms with E-state index in [-0.39, 0.29) is 23.2 Å². The molecule has 2 spiro atoms. The molecule has 0 radical (unpaired) electrons. The Morgan fingerprint density at radius 1 is 0.729 bits per heavy atom. The summed E-state index contributed by atoms with van der Waals surface area (Å²) in [6.45, 7) is 0. The molecule has 0 bridgehead atoms. The maximum Gasteiger partial charge on any atom is 0.123 e. The Labute approximate surface area is 329 Å². The molecule has 5 aliphatic heterocycles. The molecule has 0 aromatic heterocycles. The summed E-state index contributed by atoms with van der Waals surface area (Å²) in [5.74, 6) is 12.9. The summed E-state index contributed by atoms with van der Waals surface area (Å²) in [4.78, 5) is 19.3. The Balaban J connectivity index is 0.000000149. The number of hydrogen-bond donors (Lipinski definition) is 2. The number of hydrazine groups is 1. The Bertz CT molecular complexity index is 1560. The third-order valence-electron chi connectivity index (χ3n) is 9.11. The van der Waals surface area contributed by atoms with Crippen molar-refractivity contribution in [1.82, 2.24) is 0 Å². The van der Waals surface area contributed by atoms with E-state index in [1.165, 1.54) is 75.8 Å². The molecule has 3 aromatic carbocycles. The van der Waals surface area contributed by atoms with E-state index in [1.54, 1.807) is 0 Å². The SMILES string of the molecule is Brc1ccc2c(c1)N=CC21CCSCC1.Brc1cccc2c1C1(C=N2)CCSCC1.Cl.NNc1cccc(Br)c1.O=CC1CCSCC1. The van der Waals surface area contributed by atoms with Crippen molar-refractivity contribution in [3.63, 3.8) is 0 Å². The first-order valence-electron chi connectivity index (χ1n) is 16.0. The molecule has 5 aliphatic rings. The summed E-state index contributed by atoms with van der Waals surface area (Å²) < 4.78 is 3.38. The number of rotatable bonds is 2. The van der Waals surface area contributed by atoms with Gasteiger partial charge in [-0.25, -0.2) is 0 Å². The predicted molar refractivity (Wildman–Crippen MR) is 226 cm³/mol. The Morgan fingerprint density at radius 3 is 1.92 bits per heavy atom. The molecule has 0 saturated carbocycles. The molecule has 5 nitrogen and oxygen atoms in total. The highest BCUT2D eigenvalue weighted by Gasteiger charge is 2.39. The minimum absolute atomic E-state index is 0. The average Bonchev–Trinajstić information content (AvgIpc) is 3.64. The summed E-state index contributed by atoms with van der Waals surface area (Å²) in [6, 6.07) is 20.5. The molecule has 0 aliphatic carbocycles. The minimum atomic E-state index is 0. The van der Waals surface area contributed by atoms with Crippen LogP contribution in [0.4, 0.5) is 17.1 Å². The number of benzene rings is 3. The normalized spacial score (nSPS) is 19.2. The molecular weight excluding hydrogens is 876 g/mol. The number of nitrogens with zero attached hydrogens (tertiary/aromatic N) is 2. The van der Waals surface area contributed by atoms with Crippen LogP contribution in [0.3, 0.4) is 0 Å². The van der Waals surface area contributed by atoms with Crippen LogP contribution in [0.1, 0.15) is 49.7 Å².